The van der Waals surface area contributed by atoms with Gasteiger partial charge in [0.15, 0.2) is 28.2 Å². The zero-order chi connectivity index (χ0) is 34.4. The van der Waals surface area contributed by atoms with Crippen LogP contribution >= 0.6 is 11.6 Å². The highest BCUT2D eigenvalue weighted by molar-refractivity contribution is 6.31. The lowest BCUT2D eigenvalue weighted by Crippen LogP contribution is -2.59. The number of phenols is 1. The van der Waals surface area contributed by atoms with Crippen LogP contribution in [0, 0.1) is 17.5 Å². The molecule has 47 heavy (non-hydrogen) atoms. The summed E-state index contributed by atoms with van der Waals surface area (Å²) in [6.45, 7) is 8.53. The third kappa shape index (κ3) is 6.49. The van der Waals surface area contributed by atoms with Gasteiger partial charge in [-0.2, -0.15) is 4.98 Å². The first-order valence-electron chi connectivity index (χ1n) is 14.6. The molecule has 16 heteroatoms. The molecule has 5 rings (SSSR count). The molecular formula is C31H32ClF3N6O6. The fraction of sp³-hybridized carbons (Fsp3) is 0.387. The quantitative estimate of drug-likeness (QED) is 0.273. The average molecular weight is 677 g/mol. The number of hydrogen-bond acceptors (Lipinski definition) is 10. The Morgan fingerprint density at radius 2 is 1.77 bits per heavy atom. The SMILES string of the molecule is CC1CN(c2nc(=O)n(-c3c(OCCO)ccnc3Cl)c3nc(-c4c(F)ccc(F)c4O)c(F)cc23)C(C)CN1C(=O)OC(C)(C)C. The number of carbonyl (C=O) groups is 1. The lowest BCUT2D eigenvalue weighted by Gasteiger charge is -2.44. The number of amides is 1. The number of carbonyl (C=O) groups excluding carboxylic acids is 1. The van der Waals surface area contributed by atoms with E-state index in [1.165, 1.54) is 12.3 Å². The van der Waals surface area contributed by atoms with Crippen LogP contribution < -0.4 is 15.3 Å². The minimum atomic E-state index is -1.23. The summed E-state index contributed by atoms with van der Waals surface area (Å²) in [6, 6.07) is 2.77. The molecule has 3 aromatic heterocycles. The number of aliphatic hydroxyl groups is 1. The topological polar surface area (TPSA) is 143 Å². The Bertz CT molecular complexity index is 1920. The lowest BCUT2D eigenvalue weighted by molar-refractivity contribution is 0.0130. The van der Waals surface area contributed by atoms with E-state index in [0.717, 1.165) is 10.6 Å². The molecule has 4 aromatic rings. The van der Waals surface area contributed by atoms with Crippen LogP contribution in [0.25, 0.3) is 28.0 Å². The number of piperazine rings is 1. The number of ether oxygens (including phenoxy) is 2. The highest BCUT2D eigenvalue weighted by atomic mass is 35.5. The zero-order valence-electron chi connectivity index (χ0n) is 26.1. The summed E-state index contributed by atoms with van der Waals surface area (Å²) in [5.41, 5.74) is -3.85. The van der Waals surface area contributed by atoms with Gasteiger partial charge in [-0.05, 0) is 52.8 Å². The summed E-state index contributed by atoms with van der Waals surface area (Å²) in [6.07, 6.45) is 0.764. The zero-order valence-corrected chi connectivity index (χ0v) is 26.8. The predicted molar refractivity (Wildman–Crippen MR) is 167 cm³/mol. The molecule has 4 heterocycles. The van der Waals surface area contributed by atoms with Crippen LogP contribution in [0.4, 0.5) is 23.8 Å². The van der Waals surface area contributed by atoms with E-state index in [1.807, 2.05) is 0 Å². The van der Waals surface area contributed by atoms with E-state index < -0.39 is 63.9 Å². The summed E-state index contributed by atoms with van der Waals surface area (Å²) < 4.78 is 57.3. The van der Waals surface area contributed by atoms with Gasteiger partial charge in [0.2, 0.25) is 0 Å². The van der Waals surface area contributed by atoms with Gasteiger partial charge in [-0.1, -0.05) is 11.6 Å². The molecule has 1 fully saturated rings. The molecule has 1 aliphatic rings. The largest absolute Gasteiger partial charge is 0.504 e. The van der Waals surface area contributed by atoms with E-state index in [4.69, 9.17) is 21.1 Å². The van der Waals surface area contributed by atoms with Crippen LogP contribution in [0.3, 0.4) is 0 Å². The molecule has 0 bridgehead atoms. The van der Waals surface area contributed by atoms with E-state index in [1.54, 1.807) is 44.4 Å². The normalized spacial score (nSPS) is 16.9. The van der Waals surface area contributed by atoms with Crippen molar-refractivity contribution in [1.82, 2.24) is 24.4 Å². The highest BCUT2D eigenvalue weighted by Gasteiger charge is 2.37. The summed E-state index contributed by atoms with van der Waals surface area (Å²) in [5, 5.41) is 19.4. The number of anilines is 1. The Kier molecular flexibility index (Phi) is 9.24. The Morgan fingerprint density at radius 3 is 2.45 bits per heavy atom. The molecule has 1 saturated heterocycles. The smallest absolute Gasteiger partial charge is 0.410 e. The van der Waals surface area contributed by atoms with Gasteiger partial charge in [0.05, 0.1) is 17.6 Å². The summed E-state index contributed by atoms with van der Waals surface area (Å²) in [7, 11) is 0. The van der Waals surface area contributed by atoms with Gasteiger partial charge in [-0.3, -0.25) is 0 Å². The Morgan fingerprint density at radius 1 is 1.06 bits per heavy atom. The van der Waals surface area contributed by atoms with Crippen LogP contribution in [0.1, 0.15) is 34.6 Å². The van der Waals surface area contributed by atoms with Crippen molar-refractivity contribution in [3.8, 4) is 28.4 Å². The third-order valence-electron chi connectivity index (χ3n) is 7.42. The van der Waals surface area contributed by atoms with Crippen molar-refractivity contribution < 1.29 is 37.7 Å². The van der Waals surface area contributed by atoms with E-state index in [-0.39, 0.29) is 59.7 Å². The lowest BCUT2D eigenvalue weighted by atomic mass is 10.1. The van der Waals surface area contributed by atoms with Crippen molar-refractivity contribution >= 4 is 34.5 Å². The second kappa shape index (κ2) is 12.9. The van der Waals surface area contributed by atoms with Gasteiger partial charge in [0.1, 0.15) is 41.0 Å². The Hall–Kier alpha value is -4.63. The molecule has 1 amide bonds. The molecule has 1 aliphatic heterocycles. The minimum absolute atomic E-state index is 0.0100. The fourth-order valence-electron chi connectivity index (χ4n) is 5.35. The van der Waals surface area contributed by atoms with Crippen LogP contribution in [0.5, 0.6) is 11.5 Å². The number of benzene rings is 1. The molecule has 0 saturated carbocycles. The maximum atomic E-state index is 15.9. The molecule has 0 radical (unpaired) electrons. The molecule has 0 aliphatic carbocycles. The molecule has 0 spiro atoms. The minimum Gasteiger partial charge on any atom is -0.504 e. The van der Waals surface area contributed by atoms with Crippen LogP contribution in [-0.4, -0.2) is 84.7 Å². The fourth-order valence-corrected chi connectivity index (χ4v) is 5.59. The van der Waals surface area contributed by atoms with E-state index in [0.29, 0.717) is 12.1 Å². The summed E-state index contributed by atoms with van der Waals surface area (Å²) in [4.78, 5) is 42.7. The van der Waals surface area contributed by atoms with Gasteiger partial charge in [-0.15, -0.1) is 0 Å². The van der Waals surface area contributed by atoms with Crippen molar-refractivity contribution in [2.24, 2.45) is 0 Å². The number of fused-ring (bicyclic) bond motifs is 1. The number of aromatic nitrogens is 4. The van der Waals surface area contributed by atoms with Gasteiger partial charge in [0.25, 0.3) is 0 Å². The number of pyridine rings is 2. The first kappa shape index (κ1) is 33.7. The molecule has 2 unspecified atom stereocenters. The van der Waals surface area contributed by atoms with E-state index >= 15 is 4.39 Å². The number of aliphatic hydroxyl groups excluding tert-OH is 1. The van der Waals surface area contributed by atoms with Crippen molar-refractivity contribution in [2.75, 3.05) is 31.2 Å². The molecule has 1 aromatic carbocycles. The number of aromatic hydroxyl groups is 1. The monoisotopic (exact) mass is 676 g/mol. The van der Waals surface area contributed by atoms with Gasteiger partial charge >= 0.3 is 11.8 Å². The van der Waals surface area contributed by atoms with Crippen LogP contribution in [0.2, 0.25) is 5.15 Å². The maximum Gasteiger partial charge on any atom is 0.410 e. The van der Waals surface area contributed by atoms with Crippen LogP contribution in [0.15, 0.2) is 35.3 Å². The van der Waals surface area contributed by atoms with Gasteiger partial charge in [-0.25, -0.2) is 37.3 Å². The second-order valence-electron chi connectivity index (χ2n) is 12.0. The number of halogens is 4. The van der Waals surface area contributed by atoms with Crippen molar-refractivity contribution in [2.45, 2.75) is 52.3 Å². The van der Waals surface area contributed by atoms with Crippen LogP contribution in [-0.2, 0) is 4.74 Å². The standard InChI is InChI=1S/C31H32ClF3N6O6/c1-15-14-40(30(45)47-31(3,4)5)16(2)13-39(15)27-17-12-20(35)23(22-18(33)6-7-19(34)25(22)43)37-28(17)41(29(44)38-27)24-21(46-11-10-42)8-9-36-26(24)32/h6-9,12,15-16,42-43H,10-11,13-14H2,1-5H3. The predicted octanol–water partition coefficient (Wildman–Crippen LogP) is 4.82. The number of rotatable bonds is 6. The highest BCUT2D eigenvalue weighted by Crippen LogP contribution is 2.39. The Balaban J connectivity index is 1.76. The molecule has 2 N–H and O–H groups in total. The van der Waals surface area contributed by atoms with Gasteiger partial charge in [0, 0.05) is 37.4 Å². The molecule has 12 nitrogen and oxygen atoms in total. The molecular weight excluding hydrogens is 645 g/mol. The van der Waals surface area contributed by atoms with Crippen molar-refractivity contribution in [1.29, 1.82) is 0 Å². The van der Waals surface area contributed by atoms with Gasteiger partial charge < -0.3 is 29.5 Å². The first-order valence-corrected chi connectivity index (χ1v) is 15.0. The van der Waals surface area contributed by atoms with Crippen molar-refractivity contribution in [3.05, 3.63) is 63.6 Å². The number of phenolic OH excluding ortho intramolecular Hbond substituents is 1. The van der Waals surface area contributed by atoms with Crippen molar-refractivity contribution in [3.63, 3.8) is 0 Å². The molecule has 250 valence electrons. The van der Waals surface area contributed by atoms with E-state index in [2.05, 4.69) is 15.0 Å². The number of nitrogens with zero attached hydrogens (tertiary/aromatic N) is 6. The average Bonchev–Trinajstić information content (AvgIpc) is 2.99. The third-order valence-corrected chi connectivity index (χ3v) is 7.69. The summed E-state index contributed by atoms with van der Waals surface area (Å²) >= 11 is 6.44. The Labute approximate surface area is 272 Å². The first-order chi connectivity index (χ1) is 22.1. The summed E-state index contributed by atoms with van der Waals surface area (Å²) in [5.74, 6) is -4.78. The molecule has 2 atom stereocenters. The maximum absolute atomic E-state index is 15.9. The second-order valence-corrected chi connectivity index (χ2v) is 12.4. The van der Waals surface area contributed by atoms with E-state index in [9.17, 15) is 28.6 Å². The number of hydrogen-bond donors (Lipinski definition) is 2.